The summed E-state index contributed by atoms with van der Waals surface area (Å²) in [5.41, 5.74) is 0. The highest BCUT2D eigenvalue weighted by molar-refractivity contribution is 7.80. The molecule has 0 aromatic heterocycles. The molecule has 22 unspecified atom stereocenters. The van der Waals surface area contributed by atoms with Crippen molar-refractivity contribution < 1.29 is 158 Å². The molecule has 0 aromatic carbocycles. The van der Waals surface area contributed by atoms with Crippen LogP contribution < -0.4 is 37.2 Å². The van der Waals surface area contributed by atoms with Crippen molar-refractivity contribution in [3.8, 4) is 0 Å². The maximum absolute atomic E-state index is 13.1. The summed E-state index contributed by atoms with van der Waals surface area (Å²) in [6.07, 6.45) is -45.9. The predicted octanol–water partition coefficient (Wildman–Crippen LogP) is -12.5. The van der Waals surface area contributed by atoms with Gasteiger partial charge in [0.15, 0.2) is 59.3 Å². The van der Waals surface area contributed by atoms with Crippen LogP contribution in [0.25, 0.3) is 0 Å². The van der Waals surface area contributed by atoms with Gasteiger partial charge in [0, 0.05) is 84.3 Å². The third-order valence-electron chi connectivity index (χ3n) is 20.2. The minimum absolute atomic E-state index is 0.0167. The van der Waals surface area contributed by atoms with E-state index in [2.05, 4.69) is 37.2 Å². The van der Waals surface area contributed by atoms with E-state index in [1.54, 1.807) is 0 Å². The smallest absolute Gasteiger partial charge is 0.217 e. The molecule has 0 aromatic rings. The van der Waals surface area contributed by atoms with E-state index >= 15 is 0 Å². The number of hydrogen-bond donors (Lipinski definition) is 25. The van der Waals surface area contributed by atoms with E-state index in [-0.39, 0.29) is 80.9 Å². The number of hydrogen-bond acceptors (Lipinski definition) is 36. The average Bonchev–Trinajstić information content (AvgIpc) is 0.804. The normalized spacial score (nSPS) is 44.5. The van der Waals surface area contributed by atoms with Crippen molar-refractivity contribution in [1.29, 1.82) is 0 Å². The summed E-state index contributed by atoms with van der Waals surface area (Å²) in [6.45, 7) is 0.882. The van der Waals surface area contributed by atoms with Gasteiger partial charge in [-0.05, 0) is 69.3 Å². The largest absolute Gasteiger partial charge is 0.394 e. The molecule has 40 nitrogen and oxygen atoms in total. The van der Waals surface area contributed by atoms with Gasteiger partial charge in [-0.25, -0.2) is 0 Å². The summed E-state index contributed by atoms with van der Waals surface area (Å²) in [7, 11) is 0. The lowest BCUT2D eigenvalue weighted by Crippen LogP contribution is -2.72. The lowest BCUT2D eigenvalue weighted by molar-refractivity contribution is -0.361. The van der Waals surface area contributed by atoms with Crippen LogP contribution >= 0.6 is 36.7 Å². The summed E-state index contributed by atoms with van der Waals surface area (Å²) < 4.78 is 77.5. The fourth-order valence-electron chi connectivity index (χ4n) is 14.3. The van der Waals surface area contributed by atoms with E-state index in [9.17, 15) is 96.7 Å². The van der Waals surface area contributed by atoms with Gasteiger partial charge >= 0.3 is 0 Å². The number of nitrogens with one attached hydrogen (secondary N) is 7. The second-order valence-corrected chi connectivity index (χ2v) is 28.5. The minimum atomic E-state index is -1.98. The quantitative estimate of drug-likeness (QED) is 0.0422. The van der Waals surface area contributed by atoms with Gasteiger partial charge in [0.1, 0.15) is 128 Å². The Morgan fingerprint density at radius 1 is 0.413 bits per heavy atom. The molecule has 0 saturated carbocycles. The van der Waals surface area contributed by atoms with Crippen molar-refractivity contribution in [2.45, 2.75) is 255 Å². The topological polar surface area (TPSA) is 589 Å². The third kappa shape index (κ3) is 21.1. The van der Waals surface area contributed by atoms with Gasteiger partial charge in [0.2, 0.25) is 5.91 Å². The van der Waals surface area contributed by atoms with Crippen LogP contribution in [0.3, 0.4) is 0 Å². The van der Waals surface area contributed by atoms with E-state index < -0.39 is 247 Å². The highest BCUT2D eigenvalue weighted by Crippen LogP contribution is 2.38. The molecule has 104 heavy (non-hydrogen) atoms. The van der Waals surface area contributed by atoms with E-state index in [4.69, 9.17) is 98.2 Å². The highest BCUT2D eigenvalue weighted by atomic mass is 32.1. The molecule has 15 aliphatic rings. The van der Waals surface area contributed by atoms with Gasteiger partial charge in [-0.1, -0.05) is 12.8 Å². The maximum Gasteiger partial charge on any atom is 0.217 e. The van der Waals surface area contributed by atoms with Gasteiger partial charge in [0.25, 0.3) is 0 Å². The number of thiocarbonyl (C=S) groups is 3. The number of rotatable bonds is 23. The first kappa shape index (κ1) is 85.3. The molecule has 0 spiro atoms. The van der Waals surface area contributed by atoms with Crippen molar-refractivity contribution in [2.75, 3.05) is 92.0 Å². The van der Waals surface area contributed by atoms with Crippen LogP contribution in [0.1, 0.15) is 52.4 Å². The van der Waals surface area contributed by atoms with Crippen LogP contribution in [-0.4, -0.2) is 413 Å². The summed E-state index contributed by atoms with van der Waals surface area (Å²) in [5, 5.41) is 217. The molecule has 15 fully saturated rings. The fraction of sp³-hybridized carbons (Fsp3) is 0.934. The molecule has 43 heteroatoms. The monoisotopic (exact) mass is 1560 g/mol. The zero-order chi connectivity index (χ0) is 75.4. The number of aliphatic hydroxyl groups is 18. The molecule has 15 rings (SSSR count). The lowest BCUT2D eigenvalue weighted by Gasteiger charge is -2.50. The Morgan fingerprint density at radius 2 is 0.837 bits per heavy atom. The molecule has 35 atom stereocenters. The molecule has 15 aliphatic heterocycles. The average molecular weight is 1560 g/mol. The summed E-state index contributed by atoms with van der Waals surface area (Å²) in [5.74, 6) is -2.00. The Bertz CT molecular complexity index is 2580. The molecule has 8 bridgehead atoms. The van der Waals surface area contributed by atoms with Crippen LogP contribution in [0, 0.1) is 11.8 Å². The number of amides is 1. The predicted molar refractivity (Wildman–Crippen MR) is 360 cm³/mol. The molecule has 1 amide bonds. The van der Waals surface area contributed by atoms with Gasteiger partial charge in [-0.3, -0.25) is 9.69 Å². The number of aliphatic hydroxyl groups excluding tert-OH is 18. The number of carbonyl (C=O) groups excluding carboxylic acids is 1. The van der Waals surface area contributed by atoms with Crippen molar-refractivity contribution in [3.05, 3.63) is 0 Å². The highest BCUT2D eigenvalue weighted by Gasteiger charge is 2.57. The van der Waals surface area contributed by atoms with Crippen molar-refractivity contribution in [1.82, 2.24) is 42.1 Å². The second kappa shape index (κ2) is 39.9. The van der Waals surface area contributed by atoms with Crippen LogP contribution in [0.15, 0.2) is 0 Å². The van der Waals surface area contributed by atoms with E-state index in [1.807, 2.05) is 4.90 Å². The van der Waals surface area contributed by atoms with Gasteiger partial charge in [0.05, 0.1) is 56.9 Å². The van der Waals surface area contributed by atoms with Crippen molar-refractivity contribution in [2.24, 2.45) is 11.8 Å². The molecule has 0 aliphatic carbocycles. The van der Waals surface area contributed by atoms with Crippen LogP contribution in [-0.2, 0) is 66.4 Å². The fourth-order valence-corrected chi connectivity index (χ4v) is 14.8. The number of nitrogens with zero attached hydrogens (tertiary/aromatic N) is 1. The zero-order valence-corrected chi connectivity index (χ0v) is 59.7. The molecule has 0 radical (unpaired) electrons. The van der Waals surface area contributed by atoms with Crippen molar-refractivity contribution in [3.63, 3.8) is 0 Å². The molecule has 15 heterocycles. The van der Waals surface area contributed by atoms with Crippen molar-refractivity contribution >= 4 is 57.9 Å². The van der Waals surface area contributed by atoms with Gasteiger partial charge < -0.3 is 191 Å². The Morgan fingerprint density at radius 3 is 1.30 bits per heavy atom. The Hall–Kier alpha value is -2.74. The standard InChI is InChI=1S/C61H106N8O32S3/c1-23-34(75)38(79)44(85)55(91-23)101-51-33(67-24(2)74)52(92-32(22-73)50(51)100-58-45(86)39(80)37(78)29(19-70)95-58)68-61(104)64-11-14-69(12-9-62-59(102)65-17-27-25-7-3-5-15-89-53-46(87)40(81)48(30(20-71)96-53)98-56(93-27)42(83)35(25)76)13-10-63-60(103)66-18-28-26-8-4-6-16-90-54-47(88)41(82)49(31(21-72)97-54)99-57(94-28)43(84)36(26)77/h23,25-58,70-73,75-88H,3-22H2,1-2H3,(H,67,74)(H2,62,65,102)(H2,63,66,103)(H2,64,68,104)/t23?,25?,26?,27?,28?,29?,30?,31?,32?,33?,34-,35?,36?,37-,38+,39-,40?,41?,42?,43?,44?,45?,46?,47?,48?,49?,50-,51+,52+,53+,54+,55-,56-,57-,58-/m0/s1. The SMILES string of the molecule is CC(=O)NC1[C@H](NC(=S)NCCN(CCNC(=S)NCC2O[C@H]3OC4C(CO)O[C@@H](OCCCCC2C(O)C3O)C(O)C4O)CCNC(=S)NCC2O[C@H]3OC4C(CO)O[C@@H](OCCCCC2C(O)C3O)C(O)C4O)OC(CO)[C@H](O[C@@H]2OC(CO)[C@H](O)[C@H](O)C2O)[C@@H]1O[C@@H]1OC(C)[C@H](O)[C@@H](O)C1O. The molecule has 25 N–H and O–H groups in total. The van der Waals surface area contributed by atoms with Gasteiger partial charge in [-0.15, -0.1) is 0 Å². The molecular weight excluding hydrogens is 1450 g/mol. The zero-order valence-electron chi connectivity index (χ0n) is 57.3. The molecule has 15 saturated heterocycles. The number of carbonyl (C=O) groups is 1. The Labute approximate surface area is 614 Å². The molecule has 600 valence electrons. The van der Waals surface area contributed by atoms with Crippen LogP contribution in [0.5, 0.6) is 0 Å². The van der Waals surface area contributed by atoms with Gasteiger partial charge in [-0.2, -0.15) is 0 Å². The lowest BCUT2D eigenvalue weighted by atomic mass is 9.84. The summed E-state index contributed by atoms with van der Waals surface area (Å²) in [4.78, 5) is 15.1. The summed E-state index contributed by atoms with van der Waals surface area (Å²) in [6, 6.07) is -1.44. The van der Waals surface area contributed by atoms with Crippen LogP contribution in [0.2, 0.25) is 0 Å². The van der Waals surface area contributed by atoms with Crippen LogP contribution in [0.4, 0.5) is 0 Å². The first-order chi connectivity index (χ1) is 49.7. The first-order valence-corrected chi connectivity index (χ1v) is 36.4. The Kier molecular flexibility index (Phi) is 32.7. The second-order valence-electron chi connectivity index (χ2n) is 27.3. The number of ether oxygens (including phenoxy) is 13. The first-order valence-electron chi connectivity index (χ1n) is 35.2. The summed E-state index contributed by atoms with van der Waals surface area (Å²) >= 11 is 17.3. The third-order valence-corrected chi connectivity index (χ3v) is 21.0. The Balaban J connectivity index is 0.869. The van der Waals surface area contributed by atoms with E-state index in [0.29, 0.717) is 38.5 Å². The van der Waals surface area contributed by atoms with E-state index in [0.717, 1.165) is 6.92 Å². The maximum atomic E-state index is 13.1. The molecular formula is C61H106N8O32S3. The van der Waals surface area contributed by atoms with E-state index in [1.165, 1.54) is 6.92 Å². The minimum Gasteiger partial charge on any atom is -0.394 e.